The number of ether oxygens (including phenoxy) is 3. The van der Waals surface area contributed by atoms with Crippen LogP contribution in [0.2, 0.25) is 0 Å². The number of nitrogens with one attached hydrogen (secondary N) is 1. The summed E-state index contributed by atoms with van der Waals surface area (Å²) in [6.07, 6.45) is 2.85. The van der Waals surface area contributed by atoms with E-state index in [1.54, 1.807) is 12.2 Å². The van der Waals surface area contributed by atoms with Crippen LogP contribution in [0.4, 0.5) is 0 Å². The van der Waals surface area contributed by atoms with Crippen molar-refractivity contribution < 1.29 is 28.9 Å². The molecule has 2 bridgehead atoms. The Morgan fingerprint density at radius 3 is 1.94 bits per heavy atom. The van der Waals surface area contributed by atoms with Crippen LogP contribution in [0.5, 0.6) is 0 Å². The lowest BCUT2D eigenvalue weighted by molar-refractivity contribution is -0.239. The van der Waals surface area contributed by atoms with E-state index in [1.165, 1.54) is 14.2 Å². The van der Waals surface area contributed by atoms with E-state index < -0.39 is 29.9 Å². The van der Waals surface area contributed by atoms with Crippen molar-refractivity contribution in [2.24, 2.45) is 11.8 Å². The number of carbonyl (C=O) groups excluding carboxylic acids is 1. The predicted molar refractivity (Wildman–Crippen MR) is 115 cm³/mol. The molecule has 0 saturated carbocycles. The Morgan fingerprint density at radius 1 is 0.969 bits per heavy atom. The van der Waals surface area contributed by atoms with Crippen LogP contribution in [-0.2, 0) is 23.8 Å². The van der Waals surface area contributed by atoms with Crippen molar-refractivity contribution in [1.29, 1.82) is 0 Å². The number of carboxylic acids is 1. The molecule has 166 valence electrons. The number of hydrogen-bond donors (Lipinski definition) is 2. The topological polar surface area (TPSA) is 94.1 Å². The molecule has 1 heterocycles. The van der Waals surface area contributed by atoms with Gasteiger partial charge >= 0.3 is 5.97 Å². The molecule has 7 nitrogen and oxygen atoms in total. The third-order valence-electron chi connectivity index (χ3n) is 6.94. The summed E-state index contributed by atoms with van der Waals surface area (Å²) in [5.41, 5.74) is 4.02. The van der Waals surface area contributed by atoms with Gasteiger partial charge in [-0.3, -0.25) is 9.59 Å². The third-order valence-corrected chi connectivity index (χ3v) is 6.94. The average Bonchev–Trinajstić information content (AvgIpc) is 3.26. The normalized spacial score (nSPS) is 31.8. The highest BCUT2D eigenvalue weighted by Gasteiger charge is 2.55. The zero-order chi connectivity index (χ0) is 22.5. The molecule has 32 heavy (non-hydrogen) atoms. The van der Waals surface area contributed by atoms with Gasteiger partial charge in [-0.25, -0.2) is 0 Å². The molecular weight excluding hydrogens is 410 g/mol. The van der Waals surface area contributed by atoms with Gasteiger partial charge in [0.15, 0.2) is 6.29 Å². The molecule has 3 aliphatic carbocycles. The van der Waals surface area contributed by atoms with Gasteiger partial charge in [0, 0.05) is 26.1 Å². The Kier molecular flexibility index (Phi) is 5.12. The summed E-state index contributed by atoms with van der Waals surface area (Å²) in [6, 6.07) is 15.7. The molecule has 0 radical (unpaired) electrons. The van der Waals surface area contributed by atoms with Crippen LogP contribution >= 0.6 is 0 Å². The first-order valence-corrected chi connectivity index (χ1v) is 10.6. The van der Waals surface area contributed by atoms with Crippen LogP contribution in [-0.4, -0.2) is 49.8 Å². The number of amides is 1. The molecule has 1 aliphatic heterocycles. The standard InChI is InChI=1S/C25H25NO6/c1-30-18-11-12-25(31-2,32-18)13-26-23(27)21-19-14-7-3-5-9-16(14)20(22(21)24(28)29)17-10-6-4-8-15(17)19/h3-12,18-22H,13H2,1-2H3,(H,26,27)(H,28,29)/t18-,19?,20?,21-,22+,25-/m1/s1. The van der Waals surface area contributed by atoms with Gasteiger partial charge in [-0.15, -0.1) is 0 Å². The summed E-state index contributed by atoms with van der Waals surface area (Å²) in [6.45, 7) is 0.0439. The summed E-state index contributed by atoms with van der Waals surface area (Å²) >= 11 is 0. The fraction of sp³-hybridized carbons (Fsp3) is 0.360. The second kappa shape index (κ2) is 7.85. The molecule has 4 aliphatic rings. The summed E-state index contributed by atoms with van der Waals surface area (Å²) in [5, 5.41) is 13.1. The van der Waals surface area contributed by atoms with E-state index in [4.69, 9.17) is 14.2 Å². The average molecular weight is 435 g/mol. The van der Waals surface area contributed by atoms with Crippen LogP contribution in [0.25, 0.3) is 0 Å². The van der Waals surface area contributed by atoms with Crippen LogP contribution in [0, 0.1) is 11.8 Å². The molecule has 4 atom stereocenters. The molecule has 0 fully saturated rings. The molecule has 0 saturated heterocycles. The molecule has 1 amide bonds. The monoisotopic (exact) mass is 435 g/mol. The van der Waals surface area contributed by atoms with Gasteiger partial charge in [-0.2, -0.15) is 0 Å². The van der Waals surface area contributed by atoms with E-state index in [1.807, 2.05) is 48.5 Å². The van der Waals surface area contributed by atoms with Crippen LogP contribution in [0.15, 0.2) is 60.7 Å². The second-order valence-electron chi connectivity index (χ2n) is 8.42. The first-order chi connectivity index (χ1) is 15.5. The Hall–Kier alpha value is -3.00. The van der Waals surface area contributed by atoms with Crippen molar-refractivity contribution in [2.45, 2.75) is 23.9 Å². The highest BCUT2D eigenvalue weighted by atomic mass is 16.8. The maximum absolute atomic E-state index is 13.5. The fourth-order valence-corrected chi connectivity index (χ4v) is 5.53. The maximum atomic E-state index is 13.5. The van der Waals surface area contributed by atoms with E-state index in [9.17, 15) is 14.7 Å². The summed E-state index contributed by atoms with van der Waals surface area (Å²) in [7, 11) is 3.01. The van der Waals surface area contributed by atoms with Gasteiger partial charge in [-0.05, 0) is 34.4 Å². The van der Waals surface area contributed by atoms with Crippen molar-refractivity contribution >= 4 is 11.9 Å². The lowest BCUT2D eigenvalue weighted by Crippen LogP contribution is -2.53. The van der Waals surface area contributed by atoms with Crippen molar-refractivity contribution in [2.75, 3.05) is 20.8 Å². The molecule has 2 aromatic rings. The minimum Gasteiger partial charge on any atom is -0.481 e. The lowest BCUT2D eigenvalue weighted by atomic mass is 9.54. The first kappa shape index (κ1) is 20.9. The van der Waals surface area contributed by atoms with E-state index in [0.717, 1.165) is 22.3 Å². The first-order valence-electron chi connectivity index (χ1n) is 10.6. The van der Waals surface area contributed by atoms with E-state index in [2.05, 4.69) is 5.32 Å². The smallest absolute Gasteiger partial charge is 0.308 e. The van der Waals surface area contributed by atoms with Gasteiger partial charge in [0.25, 0.3) is 0 Å². The number of carbonyl (C=O) groups is 2. The van der Waals surface area contributed by atoms with E-state index >= 15 is 0 Å². The number of methoxy groups -OCH3 is 2. The summed E-state index contributed by atoms with van der Waals surface area (Å²) in [5.74, 6) is -4.78. The van der Waals surface area contributed by atoms with Crippen LogP contribution in [0.1, 0.15) is 34.1 Å². The van der Waals surface area contributed by atoms with Crippen LogP contribution < -0.4 is 5.32 Å². The minimum absolute atomic E-state index is 0.0439. The van der Waals surface area contributed by atoms with Crippen molar-refractivity contribution in [3.63, 3.8) is 0 Å². The molecule has 6 rings (SSSR count). The molecule has 7 heteroatoms. The second-order valence-corrected chi connectivity index (χ2v) is 8.42. The fourth-order valence-electron chi connectivity index (χ4n) is 5.53. The Labute approximate surface area is 186 Å². The van der Waals surface area contributed by atoms with Crippen LogP contribution in [0.3, 0.4) is 0 Å². The molecule has 2 aromatic carbocycles. The molecular formula is C25H25NO6. The van der Waals surface area contributed by atoms with E-state index in [-0.39, 0.29) is 24.3 Å². The lowest BCUT2D eigenvalue weighted by Gasteiger charge is -2.48. The van der Waals surface area contributed by atoms with Gasteiger partial charge in [0.1, 0.15) is 0 Å². The number of aliphatic carboxylic acids is 1. The van der Waals surface area contributed by atoms with Crippen molar-refractivity contribution in [3.8, 4) is 0 Å². The molecule has 0 spiro atoms. The largest absolute Gasteiger partial charge is 0.481 e. The minimum atomic E-state index is -1.15. The van der Waals surface area contributed by atoms with Crippen molar-refractivity contribution in [3.05, 3.63) is 82.9 Å². The van der Waals surface area contributed by atoms with Gasteiger partial charge in [0.05, 0.1) is 18.4 Å². The molecule has 0 aromatic heterocycles. The maximum Gasteiger partial charge on any atom is 0.308 e. The Morgan fingerprint density at radius 2 is 1.50 bits per heavy atom. The van der Waals surface area contributed by atoms with E-state index in [0.29, 0.717) is 0 Å². The van der Waals surface area contributed by atoms with Gasteiger partial charge in [0.2, 0.25) is 11.7 Å². The summed E-state index contributed by atoms with van der Waals surface area (Å²) in [4.78, 5) is 26.0. The van der Waals surface area contributed by atoms with Gasteiger partial charge in [-0.1, -0.05) is 48.5 Å². The number of rotatable bonds is 6. The molecule has 0 unspecified atom stereocenters. The molecule has 2 N–H and O–H groups in total. The highest BCUT2D eigenvalue weighted by Crippen LogP contribution is 2.58. The predicted octanol–water partition coefficient (Wildman–Crippen LogP) is 2.61. The Bertz CT molecular complexity index is 1050. The summed E-state index contributed by atoms with van der Waals surface area (Å²) < 4.78 is 16.4. The highest BCUT2D eigenvalue weighted by molar-refractivity contribution is 5.89. The third kappa shape index (κ3) is 3.08. The van der Waals surface area contributed by atoms with Crippen molar-refractivity contribution in [1.82, 2.24) is 5.32 Å². The SMILES string of the molecule is CO[C@H]1C=C[C@@](CNC(=O)[C@@H]2C3c4ccccc4C(c4ccccc43)[C@@H]2C(=O)O)(OC)O1. The number of fused-ring (bicyclic) bond motifs is 1. The van der Waals surface area contributed by atoms with Gasteiger partial charge < -0.3 is 24.6 Å². The zero-order valence-corrected chi connectivity index (χ0v) is 17.9. The quantitative estimate of drug-likeness (QED) is 0.678. The number of benzene rings is 2. The number of hydrogen-bond acceptors (Lipinski definition) is 5. The number of carboxylic acid groups (broad SMARTS) is 1. The Balaban J connectivity index is 1.50. The zero-order valence-electron chi connectivity index (χ0n) is 17.9.